The molecule has 0 aromatic carbocycles. The fourth-order valence-electron chi connectivity index (χ4n) is 3.94. The Morgan fingerprint density at radius 1 is 1.43 bits per heavy atom. The first-order valence-electron chi connectivity index (χ1n) is 8.09. The number of hydrogen-bond donors (Lipinski definition) is 0. The predicted octanol–water partition coefficient (Wildman–Crippen LogP) is 2.38. The molecule has 2 aliphatic heterocycles. The van der Waals surface area contributed by atoms with E-state index in [-0.39, 0.29) is 35.6 Å². The summed E-state index contributed by atoms with van der Waals surface area (Å²) in [6.45, 7) is 5.13. The number of esters is 1. The van der Waals surface area contributed by atoms with Gasteiger partial charge in [-0.05, 0) is 53.6 Å². The lowest BCUT2D eigenvalue weighted by Crippen LogP contribution is -2.34. The number of carbonyl (C=O) groups is 1. The molecule has 3 rings (SSSR count). The average Bonchev–Trinajstić information content (AvgIpc) is 2.97. The number of ether oxygens (including phenoxy) is 2. The number of rotatable bonds is 2. The number of allylic oxidation sites excluding steroid dienone is 2. The zero-order valence-electron chi connectivity index (χ0n) is 13.6. The summed E-state index contributed by atoms with van der Waals surface area (Å²) >= 11 is 0. The van der Waals surface area contributed by atoms with Gasteiger partial charge >= 0.3 is 5.97 Å². The lowest BCUT2D eigenvalue weighted by Gasteiger charge is -2.23. The van der Waals surface area contributed by atoms with Crippen LogP contribution in [0, 0.1) is 11.8 Å². The predicted molar refractivity (Wildman–Crippen MR) is 80.9 cm³/mol. The van der Waals surface area contributed by atoms with E-state index in [9.17, 15) is 4.79 Å². The zero-order valence-corrected chi connectivity index (χ0v) is 13.6. The number of fused-ring (bicyclic) bond motifs is 3. The van der Waals surface area contributed by atoms with Crippen molar-refractivity contribution >= 4 is 5.97 Å². The molecule has 0 aromatic rings. The van der Waals surface area contributed by atoms with Crippen LogP contribution in [0.25, 0.3) is 0 Å². The van der Waals surface area contributed by atoms with Gasteiger partial charge in [0.05, 0.1) is 11.5 Å². The number of nitrogens with zero attached hydrogens (tertiary/aromatic N) is 1. The van der Waals surface area contributed by atoms with Crippen LogP contribution in [0.15, 0.2) is 11.6 Å². The van der Waals surface area contributed by atoms with Crippen molar-refractivity contribution in [3.63, 3.8) is 0 Å². The molecule has 0 saturated carbocycles. The first-order valence-corrected chi connectivity index (χ1v) is 8.09. The second kappa shape index (κ2) is 5.40. The van der Waals surface area contributed by atoms with Crippen molar-refractivity contribution in [1.29, 1.82) is 0 Å². The third-order valence-electron chi connectivity index (χ3n) is 5.30. The smallest absolute Gasteiger partial charge is 0.311 e. The van der Waals surface area contributed by atoms with Gasteiger partial charge in [0.25, 0.3) is 0 Å². The molecule has 2 saturated heterocycles. The Labute approximate surface area is 127 Å². The summed E-state index contributed by atoms with van der Waals surface area (Å²) < 4.78 is 11.7. The molecule has 118 valence electrons. The van der Waals surface area contributed by atoms with Gasteiger partial charge in [0, 0.05) is 12.5 Å². The molecule has 3 aliphatic rings. The molecule has 5 atom stereocenters. The van der Waals surface area contributed by atoms with E-state index in [1.165, 1.54) is 5.57 Å². The van der Waals surface area contributed by atoms with Crippen molar-refractivity contribution in [3.05, 3.63) is 11.6 Å². The van der Waals surface area contributed by atoms with Crippen LogP contribution in [0.2, 0.25) is 0 Å². The van der Waals surface area contributed by atoms with Crippen LogP contribution >= 0.6 is 0 Å². The second-order valence-electron chi connectivity index (χ2n) is 7.41. The molecule has 0 aromatic heterocycles. The molecule has 0 bridgehead atoms. The molecule has 0 radical (unpaired) electrons. The average molecular weight is 293 g/mol. The topological polar surface area (TPSA) is 42.1 Å². The molecule has 0 amide bonds. The fourth-order valence-corrected chi connectivity index (χ4v) is 3.94. The van der Waals surface area contributed by atoms with Crippen molar-refractivity contribution in [2.75, 3.05) is 20.6 Å². The lowest BCUT2D eigenvalue weighted by atomic mass is 9.80. The summed E-state index contributed by atoms with van der Waals surface area (Å²) in [6.07, 6.45) is 6.56. The molecular weight excluding hydrogens is 266 g/mol. The van der Waals surface area contributed by atoms with E-state index in [1.54, 1.807) is 0 Å². The van der Waals surface area contributed by atoms with E-state index in [2.05, 4.69) is 24.8 Å². The van der Waals surface area contributed by atoms with E-state index >= 15 is 0 Å². The largest absolute Gasteiger partial charge is 0.459 e. The molecule has 4 heteroatoms. The first kappa shape index (κ1) is 15.0. The van der Waals surface area contributed by atoms with Gasteiger partial charge in [-0.25, -0.2) is 0 Å². The quantitative estimate of drug-likeness (QED) is 0.445. The number of hydrogen-bond acceptors (Lipinski definition) is 4. The zero-order chi connectivity index (χ0) is 15.2. The van der Waals surface area contributed by atoms with Gasteiger partial charge in [-0.1, -0.05) is 11.6 Å². The second-order valence-corrected chi connectivity index (χ2v) is 7.41. The van der Waals surface area contributed by atoms with Gasteiger partial charge in [0.1, 0.15) is 12.2 Å². The summed E-state index contributed by atoms with van der Waals surface area (Å²) in [6, 6.07) is 0. The van der Waals surface area contributed by atoms with E-state index < -0.39 is 0 Å². The maximum atomic E-state index is 12.3. The summed E-state index contributed by atoms with van der Waals surface area (Å²) in [5, 5.41) is 0. The number of carbonyl (C=O) groups excluding carboxylic acids is 1. The Morgan fingerprint density at radius 2 is 2.19 bits per heavy atom. The highest BCUT2D eigenvalue weighted by Crippen LogP contribution is 2.50. The van der Waals surface area contributed by atoms with Gasteiger partial charge in [0.15, 0.2) is 0 Å². The van der Waals surface area contributed by atoms with Crippen LogP contribution in [-0.4, -0.2) is 49.3 Å². The summed E-state index contributed by atoms with van der Waals surface area (Å²) in [5.41, 5.74) is 1.34. The van der Waals surface area contributed by atoms with Crippen molar-refractivity contribution in [3.8, 4) is 0 Å². The van der Waals surface area contributed by atoms with Crippen LogP contribution in [-0.2, 0) is 14.3 Å². The summed E-state index contributed by atoms with van der Waals surface area (Å²) in [7, 11) is 4.04. The minimum Gasteiger partial charge on any atom is -0.459 e. The number of epoxide rings is 1. The highest BCUT2D eigenvalue weighted by molar-refractivity contribution is 5.75. The molecule has 1 aliphatic carbocycles. The monoisotopic (exact) mass is 293 g/mol. The van der Waals surface area contributed by atoms with Crippen LogP contribution in [0.1, 0.15) is 39.5 Å². The Balaban J connectivity index is 1.83. The van der Waals surface area contributed by atoms with Crippen molar-refractivity contribution in [2.24, 2.45) is 11.8 Å². The maximum Gasteiger partial charge on any atom is 0.311 e. The van der Waals surface area contributed by atoms with Gasteiger partial charge in [-0.2, -0.15) is 0 Å². The lowest BCUT2D eigenvalue weighted by molar-refractivity contribution is -0.145. The fraction of sp³-hybridized carbons (Fsp3) is 0.824. The van der Waals surface area contributed by atoms with Crippen LogP contribution in [0.4, 0.5) is 0 Å². The van der Waals surface area contributed by atoms with E-state index in [4.69, 9.17) is 9.47 Å². The highest BCUT2D eigenvalue weighted by atomic mass is 16.6. The van der Waals surface area contributed by atoms with Crippen LogP contribution in [0.5, 0.6) is 0 Å². The minimum atomic E-state index is -0.0929. The third kappa shape index (κ3) is 2.88. The molecule has 0 spiro atoms. The van der Waals surface area contributed by atoms with E-state index in [0.717, 1.165) is 32.2 Å². The van der Waals surface area contributed by atoms with Gasteiger partial charge in [-0.3, -0.25) is 4.79 Å². The van der Waals surface area contributed by atoms with Crippen molar-refractivity contribution < 1.29 is 14.3 Å². The highest BCUT2D eigenvalue weighted by Gasteiger charge is 2.62. The molecule has 0 N–H and O–H groups in total. The Morgan fingerprint density at radius 3 is 2.90 bits per heavy atom. The van der Waals surface area contributed by atoms with Crippen LogP contribution in [0.3, 0.4) is 0 Å². The Bertz CT molecular complexity index is 459. The van der Waals surface area contributed by atoms with E-state index in [0.29, 0.717) is 0 Å². The van der Waals surface area contributed by atoms with Gasteiger partial charge < -0.3 is 14.4 Å². The Hall–Kier alpha value is -0.870. The summed E-state index contributed by atoms with van der Waals surface area (Å²) in [5.74, 6) is 0.247. The first-order chi connectivity index (χ1) is 9.90. The van der Waals surface area contributed by atoms with E-state index in [1.807, 2.05) is 14.1 Å². The third-order valence-corrected chi connectivity index (χ3v) is 5.30. The molecule has 2 heterocycles. The molecule has 0 unspecified atom stereocenters. The van der Waals surface area contributed by atoms with Gasteiger partial charge in [0.2, 0.25) is 0 Å². The SMILES string of the molecule is CC1=CCC[C@@]2(C)O[C@@H]2[C@H]2OC(=O)[C@@H](CN(C)C)[C@@H]2CC1. The standard InChI is InChI=1S/C17H27NO3/c1-11-6-5-9-17(2)15(21-17)14-12(8-7-11)13(10-18(3)4)16(19)20-14/h6,12-15H,5,7-10H2,1-4H3/t12-,13-,14-,15+,17+/m0/s1. The van der Waals surface area contributed by atoms with Crippen molar-refractivity contribution in [2.45, 2.75) is 57.3 Å². The molecular formula is C17H27NO3. The molecule has 21 heavy (non-hydrogen) atoms. The molecule has 4 nitrogen and oxygen atoms in total. The summed E-state index contributed by atoms with van der Waals surface area (Å²) in [4.78, 5) is 14.4. The normalized spacial score (nSPS) is 42.9. The Kier molecular flexibility index (Phi) is 3.87. The molecule has 2 fully saturated rings. The van der Waals surface area contributed by atoms with Crippen LogP contribution < -0.4 is 0 Å². The minimum absolute atomic E-state index is 0.00863. The van der Waals surface area contributed by atoms with Gasteiger partial charge in [-0.15, -0.1) is 0 Å². The maximum absolute atomic E-state index is 12.3. The van der Waals surface area contributed by atoms with Crippen molar-refractivity contribution in [1.82, 2.24) is 4.90 Å².